The summed E-state index contributed by atoms with van der Waals surface area (Å²) in [6.07, 6.45) is 2.44. The molecule has 1 atom stereocenters. The summed E-state index contributed by atoms with van der Waals surface area (Å²) in [7, 11) is 0.567. The molecule has 4 rings (SSSR count). The van der Waals surface area contributed by atoms with Gasteiger partial charge in [0.05, 0.1) is 32.4 Å². The molecule has 1 heterocycles. The minimum atomic E-state index is -2.35. The normalized spacial score (nSPS) is 12.6. The molecule has 0 fully saturated rings. The van der Waals surface area contributed by atoms with Crippen molar-refractivity contribution in [3.8, 4) is 28.0 Å². The molecule has 276 valence electrons. The van der Waals surface area contributed by atoms with Crippen LogP contribution in [0.1, 0.15) is 75.2 Å². The van der Waals surface area contributed by atoms with Crippen molar-refractivity contribution in [2.45, 2.75) is 84.3 Å². The fourth-order valence-electron chi connectivity index (χ4n) is 5.86. The zero-order valence-corrected chi connectivity index (χ0v) is 32.7. The van der Waals surface area contributed by atoms with Crippen LogP contribution in [0, 0.1) is 5.82 Å². The highest BCUT2D eigenvalue weighted by atomic mass is 28.4. The van der Waals surface area contributed by atoms with Gasteiger partial charge in [0, 0.05) is 30.1 Å². The average Bonchev–Trinajstić information content (AvgIpc) is 3.45. The Balaban J connectivity index is 1.87. The lowest BCUT2D eigenvalue weighted by Crippen LogP contribution is -2.44. The molecular formula is C42H51FN2O6Si. The van der Waals surface area contributed by atoms with Gasteiger partial charge in [-0.3, -0.25) is 14.4 Å². The van der Waals surface area contributed by atoms with E-state index in [0.717, 1.165) is 11.1 Å². The Morgan fingerprint density at radius 3 is 2.13 bits per heavy atom. The number of carbonyl (C=O) groups is 3. The van der Waals surface area contributed by atoms with Crippen LogP contribution < -0.4 is 10.1 Å². The Morgan fingerprint density at radius 2 is 1.54 bits per heavy atom. The van der Waals surface area contributed by atoms with Crippen LogP contribution in [-0.2, 0) is 25.3 Å². The molecule has 8 nitrogen and oxygen atoms in total. The molecule has 0 aliphatic carbocycles. The summed E-state index contributed by atoms with van der Waals surface area (Å²) in [5, 5.41) is 2.96. The molecule has 3 aromatic carbocycles. The molecule has 0 radical (unpaired) electrons. The third-order valence-electron chi connectivity index (χ3n) is 9.50. The van der Waals surface area contributed by atoms with Crippen molar-refractivity contribution in [3.63, 3.8) is 0 Å². The van der Waals surface area contributed by atoms with E-state index in [-0.39, 0.29) is 42.2 Å². The molecule has 0 spiro atoms. The van der Waals surface area contributed by atoms with Gasteiger partial charge in [0.25, 0.3) is 5.91 Å². The largest absolute Gasteiger partial charge is 0.497 e. The lowest BCUT2D eigenvalue weighted by molar-refractivity contribution is -0.142. The highest BCUT2D eigenvalue weighted by Gasteiger charge is 2.40. The topological polar surface area (TPSA) is 95.9 Å². The second kappa shape index (κ2) is 17.1. The number of nitrogens with zero attached hydrogens (tertiary/aromatic N) is 1. The molecule has 0 aliphatic heterocycles. The Labute approximate surface area is 308 Å². The predicted octanol–water partition coefficient (Wildman–Crippen LogP) is 9.41. The number of rotatable bonds is 15. The first-order valence-corrected chi connectivity index (χ1v) is 20.4. The van der Waals surface area contributed by atoms with Gasteiger partial charge in [-0.05, 0) is 85.1 Å². The Morgan fingerprint density at radius 1 is 0.885 bits per heavy atom. The minimum Gasteiger partial charge on any atom is -0.497 e. The second-order valence-electron chi connectivity index (χ2n) is 14.6. The highest BCUT2D eigenvalue weighted by molar-refractivity contribution is 6.74. The highest BCUT2D eigenvalue weighted by Crippen LogP contribution is 2.43. The first-order chi connectivity index (χ1) is 24.6. The first-order valence-electron chi connectivity index (χ1n) is 17.5. The lowest BCUT2D eigenvalue weighted by Gasteiger charge is -2.39. The number of allylic oxidation sites excluding steroid dienone is 1. The molecule has 10 heteroatoms. The van der Waals surface area contributed by atoms with Gasteiger partial charge in [0.2, 0.25) is 0 Å². The smallest absolute Gasteiger partial charge is 0.308 e. The van der Waals surface area contributed by atoms with Crippen molar-refractivity contribution in [1.29, 1.82) is 0 Å². The number of methoxy groups -OCH3 is 2. The van der Waals surface area contributed by atoms with Gasteiger partial charge in [-0.1, -0.05) is 75.4 Å². The van der Waals surface area contributed by atoms with E-state index in [1.807, 2.05) is 73.0 Å². The summed E-state index contributed by atoms with van der Waals surface area (Å²) < 4.78 is 33.1. The number of hydrogen-bond acceptors (Lipinski definition) is 6. The predicted molar refractivity (Wildman–Crippen MR) is 207 cm³/mol. The van der Waals surface area contributed by atoms with Crippen LogP contribution in [0.4, 0.5) is 4.39 Å². The zero-order valence-electron chi connectivity index (χ0n) is 31.7. The van der Waals surface area contributed by atoms with Crippen LogP contribution in [0.2, 0.25) is 18.1 Å². The molecule has 1 aromatic heterocycles. The number of hydrogen-bond donors (Lipinski definition) is 1. The van der Waals surface area contributed by atoms with E-state index < -0.39 is 26.2 Å². The summed E-state index contributed by atoms with van der Waals surface area (Å²) in [5.41, 5.74) is 4.67. The molecule has 0 unspecified atom stereocenters. The van der Waals surface area contributed by atoms with E-state index in [0.29, 0.717) is 33.8 Å². The van der Waals surface area contributed by atoms with Crippen LogP contribution in [0.25, 0.3) is 28.3 Å². The summed E-state index contributed by atoms with van der Waals surface area (Å²) in [4.78, 5) is 40.6. The lowest BCUT2D eigenvalue weighted by atomic mass is 9.94. The molecular weight excluding hydrogens is 676 g/mol. The molecule has 1 N–H and O–H groups in total. The van der Waals surface area contributed by atoms with E-state index in [2.05, 4.69) is 39.2 Å². The molecule has 1 amide bonds. The van der Waals surface area contributed by atoms with Crippen molar-refractivity contribution in [3.05, 3.63) is 108 Å². The summed E-state index contributed by atoms with van der Waals surface area (Å²) in [5.74, 6) is -0.730. The number of nitrogens with one attached hydrogen (secondary N) is 1. The van der Waals surface area contributed by atoms with Crippen LogP contribution in [-0.4, -0.2) is 50.9 Å². The van der Waals surface area contributed by atoms with Gasteiger partial charge in [-0.15, -0.1) is 0 Å². The fourth-order valence-corrected chi connectivity index (χ4v) is 7.21. The Kier molecular flexibility index (Phi) is 13.2. The van der Waals surface area contributed by atoms with Crippen molar-refractivity contribution < 1.29 is 32.7 Å². The number of benzene rings is 3. The third-order valence-corrected chi connectivity index (χ3v) is 14.0. The quantitative estimate of drug-likeness (QED) is 0.0745. The summed E-state index contributed by atoms with van der Waals surface area (Å²) in [6.45, 7) is 14.6. The average molecular weight is 727 g/mol. The van der Waals surface area contributed by atoms with Crippen LogP contribution in [0.5, 0.6) is 5.75 Å². The van der Waals surface area contributed by atoms with Gasteiger partial charge >= 0.3 is 5.97 Å². The number of ketones is 1. The number of aromatic nitrogens is 1. The van der Waals surface area contributed by atoms with Crippen molar-refractivity contribution in [1.82, 2.24) is 9.88 Å². The van der Waals surface area contributed by atoms with Crippen molar-refractivity contribution in [2.24, 2.45) is 0 Å². The van der Waals surface area contributed by atoms with Gasteiger partial charge in [-0.25, -0.2) is 4.39 Å². The van der Waals surface area contributed by atoms with Gasteiger partial charge in [-0.2, -0.15) is 0 Å². The number of amides is 1. The number of ether oxygens (including phenoxy) is 2. The minimum absolute atomic E-state index is 0.0359. The van der Waals surface area contributed by atoms with Crippen LogP contribution in [0.15, 0.2) is 84.9 Å². The van der Waals surface area contributed by atoms with E-state index in [1.54, 1.807) is 25.3 Å². The molecule has 0 bridgehead atoms. The number of carbonyl (C=O) groups excluding carboxylic acids is 3. The van der Waals surface area contributed by atoms with Crippen LogP contribution >= 0.6 is 0 Å². The maximum Gasteiger partial charge on any atom is 0.308 e. The van der Waals surface area contributed by atoms with E-state index in [4.69, 9.17) is 13.9 Å². The second-order valence-corrected chi connectivity index (χ2v) is 19.4. The monoisotopic (exact) mass is 726 g/mol. The SMILES string of the molecule is COC(=O)C[C@@H](CC(=O)/C=C/c1c(-c2ccc(F)cc2)c(-c2ccccc2)c(C(=O)NCc2cccc(OC)c2)n1C(C)C)O[Si](C)(C)C(C)(C)C. The van der Waals surface area contributed by atoms with Crippen LogP contribution in [0.3, 0.4) is 0 Å². The molecule has 52 heavy (non-hydrogen) atoms. The first kappa shape index (κ1) is 40.0. The van der Waals surface area contributed by atoms with Gasteiger partial charge in [0.15, 0.2) is 14.1 Å². The van der Waals surface area contributed by atoms with E-state index >= 15 is 0 Å². The summed E-state index contributed by atoms with van der Waals surface area (Å²) in [6, 6.07) is 22.9. The summed E-state index contributed by atoms with van der Waals surface area (Å²) >= 11 is 0. The maximum absolute atomic E-state index is 14.4. The van der Waals surface area contributed by atoms with E-state index in [1.165, 1.54) is 25.3 Å². The number of esters is 1. The molecule has 0 saturated carbocycles. The maximum atomic E-state index is 14.4. The number of halogens is 1. The zero-order chi connectivity index (χ0) is 38.2. The van der Waals surface area contributed by atoms with Gasteiger partial charge in [0.1, 0.15) is 17.3 Å². The molecule has 4 aromatic rings. The van der Waals surface area contributed by atoms with Crippen molar-refractivity contribution >= 4 is 32.1 Å². The Hall–Kier alpha value is -4.80. The molecule has 0 aliphatic rings. The third kappa shape index (κ3) is 9.74. The standard InChI is InChI=1S/C42H51FN2O6Si/c1-28(2)45-36(23-22-33(46)25-35(26-37(47)50-7)51-52(8,9)42(3,4)5)38(31-18-20-32(43)21-19-31)39(30-15-11-10-12-16-30)40(45)41(48)44-27-29-14-13-17-34(24-29)49-6/h10-24,28,35H,25-27H2,1-9H3,(H,44,48)/b23-22+/t35-/m1/s1. The van der Waals surface area contributed by atoms with E-state index in [9.17, 15) is 18.8 Å². The van der Waals surface area contributed by atoms with Gasteiger partial charge < -0.3 is 23.8 Å². The van der Waals surface area contributed by atoms with Crippen molar-refractivity contribution in [2.75, 3.05) is 14.2 Å². The fraction of sp³-hybridized carbons (Fsp3) is 0.357. The Bertz CT molecular complexity index is 1890. The molecule has 0 saturated heterocycles.